The molecule has 1 amide bonds. The predicted molar refractivity (Wildman–Crippen MR) is 83.3 cm³/mol. The predicted octanol–water partition coefficient (Wildman–Crippen LogP) is 2.12. The topological polar surface area (TPSA) is 66.0 Å². The molecule has 0 heterocycles. The second-order valence-corrected chi connectivity index (χ2v) is 4.63. The second-order valence-electron chi connectivity index (χ2n) is 4.63. The van der Waals surface area contributed by atoms with Gasteiger partial charge in [0.25, 0.3) is 0 Å². The Balaban J connectivity index is 3.08. The minimum atomic E-state index is -0.291. The normalized spacial score (nSPS) is 11.5. The minimum absolute atomic E-state index is 0.198. The molecule has 1 rings (SSSR count). The minimum Gasteiger partial charge on any atom is -0.493 e. The van der Waals surface area contributed by atoms with Crippen LogP contribution in [0.15, 0.2) is 24.8 Å². The Hall–Kier alpha value is -2.21. The van der Waals surface area contributed by atoms with Crippen LogP contribution in [-0.4, -0.2) is 34.3 Å². The largest absolute Gasteiger partial charge is 0.493 e. The van der Waals surface area contributed by atoms with Crippen LogP contribution >= 0.6 is 0 Å². The first-order chi connectivity index (χ1) is 10.6. The van der Waals surface area contributed by atoms with Crippen LogP contribution in [0.25, 0.3) is 0 Å². The van der Waals surface area contributed by atoms with E-state index in [9.17, 15) is 4.79 Å². The van der Waals surface area contributed by atoms with Crippen LogP contribution in [0.4, 0.5) is 0 Å². The number of amides is 1. The summed E-state index contributed by atoms with van der Waals surface area (Å²) in [5.74, 6) is 1.15. The summed E-state index contributed by atoms with van der Waals surface area (Å²) < 4.78 is 15.9. The molecule has 0 aliphatic heterocycles. The summed E-state index contributed by atoms with van der Waals surface area (Å²) in [4.78, 5) is 16.7. The molecular weight excluding hydrogens is 286 g/mol. The van der Waals surface area contributed by atoms with Gasteiger partial charge in [0.15, 0.2) is 11.5 Å². The van der Waals surface area contributed by atoms with E-state index in [0.29, 0.717) is 30.1 Å². The van der Waals surface area contributed by atoms with Crippen LogP contribution in [0.2, 0.25) is 0 Å². The molecule has 0 aromatic heterocycles. The monoisotopic (exact) mass is 309 g/mol. The fraction of sp³-hybridized carbons (Fsp3) is 0.438. The third kappa shape index (κ3) is 4.39. The average molecular weight is 309 g/mol. The maximum absolute atomic E-state index is 12.0. The Bertz CT molecular complexity index is 490. The zero-order chi connectivity index (χ0) is 16.5. The first-order valence-electron chi connectivity index (χ1n) is 6.83. The van der Waals surface area contributed by atoms with Crippen molar-refractivity contribution in [3.8, 4) is 17.2 Å². The first kappa shape index (κ1) is 17.8. The fourth-order valence-electron chi connectivity index (χ4n) is 2.21. The second kappa shape index (κ2) is 8.94. The van der Waals surface area contributed by atoms with Crippen molar-refractivity contribution in [1.29, 1.82) is 0 Å². The molecule has 0 saturated heterocycles. The number of methoxy groups -OCH3 is 3. The number of allylic oxidation sites excluding steroid dienone is 1. The molecule has 22 heavy (non-hydrogen) atoms. The quantitative estimate of drug-likeness (QED) is 0.559. The highest BCUT2D eigenvalue weighted by Crippen LogP contribution is 2.38. The Morgan fingerprint density at radius 2 is 1.77 bits per heavy atom. The third-order valence-corrected chi connectivity index (χ3v) is 3.23. The molecule has 6 nitrogen and oxygen atoms in total. The van der Waals surface area contributed by atoms with Crippen molar-refractivity contribution < 1.29 is 23.8 Å². The summed E-state index contributed by atoms with van der Waals surface area (Å²) in [5.41, 5.74) is 3.25. The van der Waals surface area contributed by atoms with Gasteiger partial charge in [-0.2, -0.15) is 0 Å². The SMILES string of the molecule is C=CCC(Cc1cc(OC)c(OC)c(OC)c1)C(=O)NOC. The van der Waals surface area contributed by atoms with Gasteiger partial charge in [-0.05, 0) is 30.5 Å². The number of hydrogen-bond acceptors (Lipinski definition) is 5. The van der Waals surface area contributed by atoms with Gasteiger partial charge in [-0.3, -0.25) is 9.63 Å². The van der Waals surface area contributed by atoms with E-state index in [2.05, 4.69) is 12.1 Å². The number of ether oxygens (including phenoxy) is 3. The van der Waals surface area contributed by atoms with Gasteiger partial charge < -0.3 is 14.2 Å². The Kier molecular flexibility index (Phi) is 7.25. The van der Waals surface area contributed by atoms with Crippen molar-refractivity contribution in [1.82, 2.24) is 5.48 Å². The van der Waals surface area contributed by atoms with E-state index in [-0.39, 0.29) is 11.8 Å². The van der Waals surface area contributed by atoms with E-state index < -0.39 is 0 Å². The maximum Gasteiger partial charge on any atom is 0.247 e. The average Bonchev–Trinajstić information content (AvgIpc) is 2.53. The Morgan fingerprint density at radius 3 is 2.18 bits per heavy atom. The molecule has 0 radical (unpaired) electrons. The highest BCUT2D eigenvalue weighted by molar-refractivity contribution is 5.78. The molecule has 0 bridgehead atoms. The summed E-state index contributed by atoms with van der Waals surface area (Å²) in [7, 11) is 6.06. The van der Waals surface area contributed by atoms with Crippen molar-refractivity contribution in [2.45, 2.75) is 12.8 Å². The summed E-state index contributed by atoms with van der Waals surface area (Å²) in [5, 5.41) is 0. The van der Waals surface area contributed by atoms with Crippen molar-refractivity contribution in [3.63, 3.8) is 0 Å². The van der Waals surface area contributed by atoms with Crippen LogP contribution in [-0.2, 0) is 16.1 Å². The molecule has 1 atom stereocenters. The summed E-state index contributed by atoms with van der Waals surface area (Å²) in [6, 6.07) is 3.66. The highest BCUT2D eigenvalue weighted by Gasteiger charge is 2.20. The number of nitrogens with one attached hydrogen (secondary N) is 1. The molecule has 1 aromatic carbocycles. The standard InChI is InChI=1S/C16H23NO5/c1-6-7-12(16(18)17-22-5)8-11-9-13(19-2)15(21-4)14(10-11)20-3/h6,9-10,12H,1,7-8H2,2-5H3,(H,17,18). The first-order valence-corrected chi connectivity index (χ1v) is 6.83. The van der Waals surface area contributed by atoms with Crippen LogP contribution in [0.3, 0.4) is 0 Å². The molecule has 122 valence electrons. The van der Waals surface area contributed by atoms with E-state index in [0.717, 1.165) is 5.56 Å². The lowest BCUT2D eigenvalue weighted by Gasteiger charge is -2.17. The summed E-state index contributed by atoms with van der Waals surface area (Å²) in [6.07, 6.45) is 2.74. The molecule has 0 spiro atoms. The zero-order valence-electron chi connectivity index (χ0n) is 13.5. The Labute approximate surface area is 131 Å². The summed E-state index contributed by atoms with van der Waals surface area (Å²) in [6.45, 7) is 3.69. The third-order valence-electron chi connectivity index (χ3n) is 3.23. The van der Waals surface area contributed by atoms with Gasteiger partial charge in [0.1, 0.15) is 0 Å². The van der Waals surface area contributed by atoms with Crippen LogP contribution < -0.4 is 19.7 Å². The highest BCUT2D eigenvalue weighted by atomic mass is 16.6. The van der Waals surface area contributed by atoms with Gasteiger partial charge in [-0.1, -0.05) is 6.08 Å². The molecule has 1 unspecified atom stereocenters. The molecule has 6 heteroatoms. The fourth-order valence-corrected chi connectivity index (χ4v) is 2.21. The molecular formula is C16H23NO5. The number of carbonyl (C=O) groups is 1. The zero-order valence-corrected chi connectivity index (χ0v) is 13.5. The number of benzene rings is 1. The smallest absolute Gasteiger partial charge is 0.247 e. The van der Waals surface area contributed by atoms with Crippen molar-refractivity contribution >= 4 is 5.91 Å². The maximum atomic E-state index is 12.0. The molecule has 1 N–H and O–H groups in total. The van der Waals surface area contributed by atoms with Crippen LogP contribution in [0, 0.1) is 5.92 Å². The van der Waals surface area contributed by atoms with Gasteiger partial charge in [-0.25, -0.2) is 5.48 Å². The van der Waals surface area contributed by atoms with Crippen molar-refractivity contribution in [2.24, 2.45) is 5.92 Å². The van der Waals surface area contributed by atoms with E-state index in [4.69, 9.17) is 19.0 Å². The van der Waals surface area contributed by atoms with Crippen molar-refractivity contribution in [2.75, 3.05) is 28.4 Å². The number of hydrogen-bond donors (Lipinski definition) is 1. The van der Waals surface area contributed by atoms with E-state index in [1.54, 1.807) is 27.4 Å². The van der Waals surface area contributed by atoms with Crippen molar-refractivity contribution in [3.05, 3.63) is 30.4 Å². The van der Waals surface area contributed by atoms with Gasteiger partial charge in [0.2, 0.25) is 11.7 Å². The van der Waals surface area contributed by atoms with E-state index in [1.807, 2.05) is 12.1 Å². The lowest BCUT2D eigenvalue weighted by molar-refractivity contribution is -0.135. The summed E-state index contributed by atoms with van der Waals surface area (Å²) >= 11 is 0. The van der Waals surface area contributed by atoms with E-state index >= 15 is 0 Å². The molecule has 0 aliphatic carbocycles. The lowest BCUT2D eigenvalue weighted by atomic mass is 9.95. The van der Waals surface area contributed by atoms with Gasteiger partial charge >= 0.3 is 0 Å². The molecule has 0 aliphatic rings. The van der Waals surface area contributed by atoms with Crippen LogP contribution in [0.5, 0.6) is 17.2 Å². The number of rotatable bonds is 9. The molecule has 1 aromatic rings. The van der Waals surface area contributed by atoms with Gasteiger partial charge in [0, 0.05) is 5.92 Å². The number of carbonyl (C=O) groups excluding carboxylic acids is 1. The van der Waals surface area contributed by atoms with Gasteiger partial charge in [0.05, 0.1) is 28.4 Å². The van der Waals surface area contributed by atoms with Gasteiger partial charge in [-0.15, -0.1) is 6.58 Å². The molecule has 0 saturated carbocycles. The molecule has 0 fully saturated rings. The van der Waals surface area contributed by atoms with E-state index in [1.165, 1.54) is 7.11 Å². The number of hydroxylamine groups is 1. The Morgan fingerprint density at radius 1 is 1.18 bits per heavy atom. The lowest BCUT2D eigenvalue weighted by Crippen LogP contribution is -2.30. The van der Waals surface area contributed by atoms with Crippen LogP contribution in [0.1, 0.15) is 12.0 Å².